The lowest BCUT2D eigenvalue weighted by Crippen LogP contribution is -2.26. The minimum Gasteiger partial charge on any atom is -0.489 e. The molecule has 0 unspecified atom stereocenters. The van der Waals surface area contributed by atoms with Gasteiger partial charge in [-0.25, -0.2) is 16.7 Å². The summed E-state index contributed by atoms with van der Waals surface area (Å²) in [4.78, 5) is 13.4. The van der Waals surface area contributed by atoms with E-state index in [9.17, 15) is 0 Å². The number of hydrogen-bond acceptors (Lipinski definition) is 6. The van der Waals surface area contributed by atoms with Gasteiger partial charge in [-0.1, -0.05) is 29.8 Å². The summed E-state index contributed by atoms with van der Waals surface area (Å²) in [7, 11) is 1.83. The zero-order valence-electron chi connectivity index (χ0n) is 18.1. The highest BCUT2D eigenvalue weighted by Gasteiger charge is 2.12. The van der Waals surface area contributed by atoms with Crippen LogP contribution in [0.4, 0.5) is 5.69 Å². The molecule has 7 nitrogen and oxygen atoms in total. The van der Waals surface area contributed by atoms with E-state index in [1.54, 1.807) is 16.5 Å². The second kappa shape index (κ2) is 11.3. The molecule has 0 aliphatic rings. The van der Waals surface area contributed by atoms with Crippen molar-refractivity contribution in [3.05, 3.63) is 75.9 Å². The van der Waals surface area contributed by atoms with Crippen LogP contribution in [0.15, 0.2) is 48.5 Å². The number of anilines is 1. The molecule has 0 aliphatic carbocycles. The number of nitrogens with zero attached hydrogens (tertiary/aromatic N) is 2. The Balaban J connectivity index is 0.000000785. The van der Waals surface area contributed by atoms with Crippen LogP contribution in [0.3, 0.4) is 0 Å². The maximum absolute atomic E-state index is 8.94. The number of halogens is 1. The lowest BCUT2D eigenvalue weighted by atomic mass is 10.0. The van der Waals surface area contributed by atoms with E-state index in [1.807, 2.05) is 38.2 Å². The van der Waals surface area contributed by atoms with Gasteiger partial charge in [0.2, 0.25) is 6.41 Å². The minimum atomic E-state index is 0.403. The van der Waals surface area contributed by atoms with Gasteiger partial charge in [0.05, 0.1) is 11.4 Å². The van der Waals surface area contributed by atoms with Gasteiger partial charge in [0.15, 0.2) is 0 Å². The van der Waals surface area contributed by atoms with Crippen LogP contribution in [0.5, 0.6) is 5.75 Å². The molecule has 3 aromatic rings. The number of ether oxygens (including phenoxy) is 1. The van der Waals surface area contributed by atoms with Crippen LogP contribution >= 0.6 is 11.6 Å². The van der Waals surface area contributed by atoms with Gasteiger partial charge >= 0.3 is 0 Å². The Hall–Kier alpha value is -3.13. The highest BCUT2D eigenvalue weighted by molar-refractivity contribution is 6.29. The molecular formula is C23H28ClN5O2. The van der Waals surface area contributed by atoms with Crippen molar-refractivity contribution in [2.75, 3.05) is 12.1 Å². The molecular weight excluding hydrogens is 414 g/mol. The van der Waals surface area contributed by atoms with Crippen LogP contribution < -0.4 is 26.9 Å². The average molecular weight is 442 g/mol. The SMILES string of the molecule is Cc1cc(-c2cccc(Cl)n2)c(C)cc1OCc1c(C)cccc1N(C)N.NNC=O. The standard InChI is InChI=1S/C22H24ClN3O.CH4N2O/c1-14-7-5-9-20(26(4)24)18(14)13-27-21-12-15(2)17(11-16(21)3)19-8-6-10-22(23)25-19;2-3-1-4/h5-12H,13,24H2,1-4H3;1H,2H2,(H,3,4). The highest BCUT2D eigenvalue weighted by atomic mass is 35.5. The molecule has 0 saturated heterocycles. The van der Waals surface area contributed by atoms with Gasteiger partial charge in [0.1, 0.15) is 17.5 Å². The first-order valence-electron chi connectivity index (χ1n) is 9.62. The lowest BCUT2D eigenvalue weighted by molar-refractivity contribution is -0.109. The van der Waals surface area contributed by atoms with Gasteiger partial charge < -0.3 is 9.75 Å². The number of nitrogens with one attached hydrogen (secondary N) is 1. The van der Waals surface area contributed by atoms with Gasteiger partial charge in [-0.3, -0.25) is 10.2 Å². The van der Waals surface area contributed by atoms with Gasteiger partial charge in [0, 0.05) is 18.2 Å². The Morgan fingerprint density at radius 2 is 1.77 bits per heavy atom. The first-order valence-corrected chi connectivity index (χ1v) is 10.00. The first kappa shape index (κ1) is 24.1. The Morgan fingerprint density at radius 1 is 1.10 bits per heavy atom. The zero-order valence-corrected chi connectivity index (χ0v) is 18.9. The van der Waals surface area contributed by atoms with Crippen molar-refractivity contribution >= 4 is 23.7 Å². The van der Waals surface area contributed by atoms with Crippen molar-refractivity contribution < 1.29 is 9.53 Å². The van der Waals surface area contributed by atoms with Gasteiger partial charge in [-0.15, -0.1) is 0 Å². The average Bonchev–Trinajstić information content (AvgIpc) is 2.74. The van der Waals surface area contributed by atoms with Crippen molar-refractivity contribution in [2.24, 2.45) is 11.7 Å². The third-order valence-electron chi connectivity index (χ3n) is 4.72. The third-order valence-corrected chi connectivity index (χ3v) is 4.93. The monoisotopic (exact) mass is 441 g/mol. The third kappa shape index (κ3) is 6.42. The fourth-order valence-corrected chi connectivity index (χ4v) is 3.30. The maximum atomic E-state index is 8.94. The summed E-state index contributed by atoms with van der Waals surface area (Å²) in [6.07, 6.45) is 0.403. The van der Waals surface area contributed by atoms with Crippen LogP contribution in [-0.2, 0) is 11.4 Å². The summed E-state index contributed by atoms with van der Waals surface area (Å²) >= 11 is 6.04. The topological polar surface area (TPSA) is 106 Å². The number of carbonyl (C=O) groups excluding carboxylic acids is 1. The van der Waals surface area contributed by atoms with E-state index >= 15 is 0 Å². The highest BCUT2D eigenvalue weighted by Crippen LogP contribution is 2.31. The smallest absolute Gasteiger partial charge is 0.221 e. The Labute approximate surface area is 187 Å². The number of nitrogens with two attached hydrogens (primary N) is 2. The predicted molar refractivity (Wildman–Crippen MR) is 126 cm³/mol. The van der Waals surface area contributed by atoms with E-state index in [2.05, 4.69) is 42.9 Å². The van der Waals surface area contributed by atoms with E-state index in [4.69, 9.17) is 27.0 Å². The van der Waals surface area contributed by atoms with Crippen LogP contribution in [-0.4, -0.2) is 18.4 Å². The Kier molecular flexibility index (Phi) is 8.81. The molecule has 8 heteroatoms. The van der Waals surface area contributed by atoms with Crippen LogP contribution in [0.1, 0.15) is 22.3 Å². The second-order valence-corrected chi connectivity index (χ2v) is 7.42. The number of amides is 1. The Bertz CT molecular complexity index is 1040. The number of rotatable bonds is 6. The molecule has 1 heterocycles. The number of benzene rings is 2. The normalized spacial score (nSPS) is 10.0. The predicted octanol–water partition coefficient (Wildman–Crippen LogP) is 3.82. The molecule has 0 atom stereocenters. The fourth-order valence-electron chi connectivity index (χ4n) is 3.13. The van der Waals surface area contributed by atoms with Crippen molar-refractivity contribution in [1.29, 1.82) is 0 Å². The van der Waals surface area contributed by atoms with Crippen molar-refractivity contribution in [2.45, 2.75) is 27.4 Å². The fraction of sp³-hybridized carbons (Fsp3) is 0.217. The zero-order chi connectivity index (χ0) is 23.0. The van der Waals surface area contributed by atoms with E-state index in [0.29, 0.717) is 18.2 Å². The molecule has 0 bridgehead atoms. The summed E-state index contributed by atoms with van der Waals surface area (Å²) in [5, 5.41) is 2.11. The molecule has 31 heavy (non-hydrogen) atoms. The van der Waals surface area contributed by atoms with Crippen molar-refractivity contribution in [3.8, 4) is 17.0 Å². The summed E-state index contributed by atoms with van der Waals surface area (Å²) < 4.78 is 6.16. The minimum absolute atomic E-state index is 0.403. The number of carbonyl (C=O) groups is 1. The summed E-state index contributed by atoms with van der Waals surface area (Å²) in [6.45, 7) is 6.62. The van der Waals surface area contributed by atoms with Crippen LogP contribution in [0, 0.1) is 20.8 Å². The van der Waals surface area contributed by atoms with Gasteiger partial charge in [-0.05, 0) is 67.8 Å². The van der Waals surface area contributed by atoms with E-state index in [-0.39, 0.29) is 0 Å². The van der Waals surface area contributed by atoms with Crippen LogP contribution in [0.2, 0.25) is 5.15 Å². The molecule has 5 N–H and O–H groups in total. The molecule has 0 fully saturated rings. The summed E-state index contributed by atoms with van der Waals surface area (Å²) in [5.41, 5.74) is 9.00. The number of hydrogen-bond donors (Lipinski definition) is 3. The van der Waals surface area contributed by atoms with Crippen LogP contribution in [0.25, 0.3) is 11.3 Å². The first-order chi connectivity index (χ1) is 14.8. The molecule has 0 spiro atoms. The largest absolute Gasteiger partial charge is 0.489 e. The molecule has 1 amide bonds. The van der Waals surface area contributed by atoms with E-state index in [1.165, 1.54) is 0 Å². The molecule has 0 radical (unpaired) electrons. The quantitative estimate of drug-likeness (QED) is 0.176. The second-order valence-electron chi connectivity index (χ2n) is 7.03. The molecule has 1 aromatic heterocycles. The molecule has 164 valence electrons. The lowest BCUT2D eigenvalue weighted by Gasteiger charge is -2.20. The molecule has 0 saturated carbocycles. The summed E-state index contributed by atoms with van der Waals surface area (Å²) in [5.74, 6) is 11.2. The van der Waals surface area contributed by atoms with Crippen molar-refractivity contribution in [1.82, 2.24) is 10.4 Å². The summed E-state index contributed by atoms with van der Waals surface area (Å²) in [6, 6.07) is 15.9. The van der Waals surface area contributed by atoms with E-state index in [0.717, 1.165) is 44.9 Å². The number of pyridine rings is 1. The molecule has 0 aliphatic heterocycles. The number of aryl methyl sites for hydroxylation is 3. The Morgan fingerprint density at radius 3 is 2.39 bits per heavy atom. The van der Waals surface area contributed by atoms with Gasteiger partial charge in [-0.2, -0.15) is 0 Å². The molecule has 2 aromatic carbocycles. The van der Waals surface area contributed by atoms with E-state index < -0.39 is 0 Å². The van der Waals surface area contributed by atoms with Crippen molar-refractivity contribution in [3.63, 3.8) is 0 Å². The molecule has 3 rings (SSSR count). The number of aromatic nitrogens is 1. The number of hydrazine groups is 2. The van der Waals surface area contributed by atoms with Gasteiger partial charge in [0.25, 0.3) is 0 Å². The maximum Gasteiger partial charge on any atom is 0.221 e.